The van der Waals surface area contributed by atoms with Gasteiger partial charge in [-0.3, -0.25) is 4.79 Å². The summed E-state index contributed by atoms with van der Waals surface area (Å²) in [6.45, 7) is 3.40. The van der Waals surface area contributed by atoms with Crippen LogP contribution in [-0.4, -0.2) is 31.4 Å². The van der Waals surface area contributed by atoms with Gasteiger partial charge in [-0.1, -0.05) is 19.1 Å². The molecule has 0 bridgehead atoms. The molecule has 0 aromatic heterocycles. The second-order valence-corrected chi connectivity index (χ2v) is 4.95. The van der Waals surface area contributed by atoms with Crippen LogP contribution in [0.25, 0.3) is 0 Å². The molecular weight excluding hydrogens is 244 g/mol. The number of hydrogen-bond donors (Lipinski definition) is 1. The first kappa shape index (κ1) is 13.9. The highest BCUT2D eigenvalue weighted by Crippen LogP contribution is 2.31. The Balaban J connectivity index is 2.22. The van der Waals surface area contributed by atoms with Crippen LogP contribution in [0.1, 0.15) is 30.4 Å². The van der Waals surface area contributed by atoms with Crippen LogP contribution in [0, 0.1) is 5.92 Å². The number of carboxylic acid groups (broad SMARTS) is 1. The maximum Gasteiger partial charge on any atom is 0.310 e. The molecule has 0 spiro atoms. The van der Waals surface area contributed by atoms with Crippen molar-refractivity contribution in [1.82, 2.24) is 0 Å². The molecule has 0 radical (unpaired) electrons. The average Bonchev–Trinajstić information content (AvgIpc) is 2.36. The van der Waals surface area contributed by atoms with E-state index in [4.69, 9.17) is 9.47 Å². The van der Waals surface area contributed by atoms with Crippen molar-refractivity contribution in [3.63, 3.8) is 0 Å². The largest absolute Gasteiger partial charge is 0.496 e. The lowest BCUT2D eigenvalue weighted by molar-refractivity contribution is -0.140. The molecule has 1 aliphatic heterocycles. The highest BCUT2D eigenvalue weighted by molar-refractivity contribution is 5.76. The second kappa shape index (κ2) is 6.06. The van der Waals surface area contributed by atoms with Gasteiger partial charge in [0, 0.05) is 5.92 Å². The van der Waals surface area contributed by atoms with Crippen molar-refractivity contribution in [3.8, 4) is 5.75 Å². The zero-order valence-electron chi connectivity index (χ0n) is 11.4. The Morgan fingerprint density at radius 2 is 2.26 bits per heavy atom. The molecule has 4 heteroatoms. The Morgan fingerprint density at radius 3 is 2.74 bits per heavy atom. The summed E-state index contributed by atoms with van der Waals surface area (Å²) >= 11 is 0. The van der Waals surface area contributed by atoms with E-state index < -0.39 is 11.9 Å². The minimum Gasteiger partial charge on any atom is -0.496 e. The van der Waals surface area contributed by atoms with Crippen LogP contribution in [-0.2, 0) is 16.0 Å². The predicted molar refractivity (Wildman–Crippen MR) is 71.7 cm³/mol. The number of hydrogen-bond acceptors (Lipinski definition) is 3. The molecule has 0 saturated carbocycles. The van der Waals surface area contributed by atoms with Crippen LogP contribution in [0.2, 0.25) is 0 Å². The molecule has 0 aliphatic carbocycles. The first-order valence-electron chi connectivity index (χ1n) is 6.63. The van der Waals surface area contributed by atoms with E-state index in [1.54, 1.807) is 7.11 Å². The zero-order valence-corrected chi connectivity index (χ0v) is 11.4. The van der Waals surface area contributed by atoms with Crippen molar-refractivity contribution in [2.45, 2.75) is 25.7 Å². The Labute approximate surface area is 113 Å². The summed E-state index contributed by atoms with van der Waals surface area (Å²) in [6.07, 6.45) is 1.47. The molecule has 2 rings (SSSR count). The van der Waals surface area contributed by atoms with Gasteiger partial charge in [-0.05, 0) is 30.0 Å². The summed E-state index contributed by atoms with van der Waals surface area (Å²) in [6, 6.07) is 5.68. The van der Waals surface area contributed by atoms with Gasteiger partial charge in [0.25, 0.3) is 0 Å². The van der Waals surface area contributed by atoms with E-state index in [1.807, 2.05) is 25.1 Å². The molecule has 104 valence electrons. The normalized spacial score (nSPS) is 16.7. The molecule has 1 N–H and O–H groups in total. The van der Waals surface area contributed by atoms with Crippen LogP contribution in [0.3, 0.4) is 0 Å². The quantitative estimate of drug-likeness (QED) is 0.857. The lowest BCUT2D eigenvalue weighted by Gasteiger charge is -2.28. The fraction of sp³-hybridized carbons (Fsp3) is 0.533. The summed E-state index contributed by atoms with van der Waals surface area (Å²) in [5.41, 5.74) is 1.91. The van der Waals surface area contributed by atoms with E-state index in [-0.39, 0.29) is 0 Å². The number of carbonyl (C=O) groups is 1. The van der Waals surface area contributed by atoms with Gasteiger partial charge < -0.3 is 14.6 Å². The van der Waals surface area contributed by atoms with E-state index in [0.29, 0.717) is 25.6 Å². The van der Waals surface area contributed by atoms with E-state index in [0.717, 1.165) is 23.3 Å². The molecule has 1 aromatic carbocycles. The number of benzene rings is 1. The van der Waals surface area contributed by atoms with E-state index in [2.05, 4.69) is 0 Å². The first-order chi connectivity index (χ1) is 9.15. The van der Waals surface area contributed by atoms with Gasteiger partial charge in [0.1, 0.15) is 5.75 Å². The van der Waals surface area contributed by atoms with Crippen molar-refractivity contribution in [3.05, 3.63) is 29.3 Å². The van der Waals surface area contributed by atoms with Gasteiger partial charge in [-0.25, -0.2) is 0 Å². The highest BCUT2D eigenvalue weighted by Gasteiger charge is 2.28. The Hall–Kier alpha value is -1.55. The fourth-order valence-electron chi connectivity index (χ4n) is 2.42. The summed E-state index contributed by atoms with van der Waals surface area (Å²) in [7, 11) is 1.63. The van der Waals surface area contributed by atoms with Crippen molar-refractivity contribution >= 4 is 5.97 Å². The Morgan fingerprint density at radius 1 is 1.53 bits per heavy atom. The van der Waals surface area contributed by atoms with Crippen LogP contribution >= 0.6 is 0 Å². The number of methoxy groups -OCH3 is 1. The molecule has 1 aliphatic rings. The number of ether oxygens (including phenoxy) is 2. The van der Waals surface area contributed by atoms with Gasteiger partial charge in [0.05, 0.1) is 26.2 Å². The van der Waals surface area contributed by atoms with E-state index in [9.17, 15) is 9.90 Å². The van der Waals surface area contributed by atoms with Gasteiger partial charge in [0.15, 0.2) is 0 Å². The number of aryl methyl sites for hydroxylation is 1. The second-order valence-electron chi connectivity index (χ2n) is 4.95. The van der Waals surface area contributed by atoms with Gasteiger partial charge in [-0.2, -0.15) is 0 Å². The number of aliphatic carboxylic acids is 1. The molecule has 1 saturated heterocycles. The zero-order chi connectivity index (χ0) is 13.8. The van der Waals surface area contributed by atoms with Gasteiger partial charge >= 0.3 is 5.97 Å². The minimum absolute atomic E-state index is 0.369. The summed E-state index contributed by atoms with van der Waals surface area (Å²) in [4.78, 5) is 11.5. The fourth-order valence-corrected chi connectivity index (χ4v) is 2.42. The lowest BCUT2D eigenvalue weighted by atomic mass is 9.87. The molecule has 4 nitrogen and oxygen atoms in total. The van der Waals surface area contributed by atoms with Crippen molar-refractivity contribution in [1.29, 1.82) is 0 Å². The summed E-state index contributed by atoms with van der Waals surface area (Å²) in [5, 5.41) is 9.41. The number of carboxylic acids is 1. The Bertz CT molecular complexity index is 451. The molecule has 1 aromatic rings. The SMILES string of the molecule is CCc1cc(C(CC2COC2)C(=O)O)ccc1OC. The summed E-state index contributed by atoms with van der Waals surface area (Å²) < 4.78 is 10.4. The van der Waals surface area contributed by atoms with Crippen molar-refractivity contribution in [2.24, 2.45) is 5.92 Å². The molecule has 1 unspecified atom stereocenters. The van der Waals surface area contributed by atoms with Crippen LogP contribution in [0.5, 0.6) is 5.75 Å². The topological polar surface area (TPSA) is 55.8 Å². The van der Waals surface area contributed by atoms with Crippen molar-refractivity contribution < 1.29 is 19.4 Å². The molecule has 19 heavy (non-hydrogen) atoms. The third-order valence-electron chi connectivity index (χ3n) is 3.66. The van der Waals surface area contributed by atoms with Crippen LogP contribution < -0.4 is 4.74 Å². The van der Waals surface area contributed by atoms with Crippen molar-refractivity contribution in [2.75, 3.05) is 20.3 Å². The van der Waals surface area contributed by atoms with Crippen LogP contribution in [0.15, 0.2) is 18.2 Å². The molecule has 1 heterocycles. The van der Waals surface area contributed by atoms with Gasteiger partial charge in [0.2, 0.25) is 0 Å². The lowest BCUT2D eigenvalue weighted by Crippen LogP contribution is -2.30. The molecule has 1 atom stereocenters. The summed E-state index contributed by atoms with van der Waals surface area (Å²) in [5.74, 6) is -0.0279. The third-order valence-corrected chi connectivity index (χ3v) is 3.66. The van der Waals surface area contributed by atoms with Gasteiger partial charge in [-0.15, -0.1) is 0 Å². The highest BCUT2D eigenvalue weighted by atomic mass is 16.5. The Kier molecular flexibility index (Phi) is 4.43. The molecule has 1 fully saturated rings. The number of rotatable bonds is 6. The minimum atomic E-state index is -0.765. The van der Waals surface area contributed by atoms with E-state index in [1.165, 1.54) is 0 Å². The standard InChI is InChI=1S/C15H20O4/c1-3-11-7-12(4-5-14(11)18-2)13(15(16)17)6-10-8-19-9-10/h4-5,7,10,13H,3,6,8-9H2,1-2H3,(H,16,17). The first-order valence-corrected chi connectivity index (χ1v) is 6.63. The maximum atomic E-state index is 11.5. The third kappa shape index (κ3) is 3.07. The molecule has 0 amide bonds. The maximum absolute atomic E-state index is 11.5. The predicted octanol–water partition coefficient (Wildman–Crippen LogP) is 2.46. The van der Waals surface area contributed by atoms with Crippen LogP contribution in [0.4, 0.5) is 0 Å². The molecular formula is C15H20O4. The smallest absolute Gasteiger partial charge is 0.310 e. The van der Waals surface area contributed by atoms with E-state index >= 15 is 0 Å². The monoisotopic (exact) mass is 264 g/mol. The average molecular weight is 264 g/mol.